The molecule has 0 bridgehead atoms. The van der Waals surface area contributed by atoms with Gasteiger partial charge < -0.3 is 5.11 Å². The van der Waals surface area contributed by atoms with Crippen molar-refractivity contribution in [2.75, 3.05) is 0 Å². The number of aliphatic hydroxyl groups excluding tert-OH is 1. The van der Waals surface area contributed by atoms with Crippen LogP contribution in [0, 0.1) is 0 Å². The first kappa shape index (κ1) is 11.3. The van der Waals surface area contributed by atoms with Crippen molar-refractivity contribution in [1.29, 1.82) is 0 Å². The molecule has 1 aliphatic rings. The Balaban J connectivity index is 1.96. The number of halogens is 1. The number of aryl methyl sites for hydroxylation is 2. The number of hydrogen-bond acceptors (Lipinski definition) is 2. The first-order chi connectivity index (χ1) is 8.25. The third-order valence-corrected chi connectivity index (χ3v) is 4.87. The first-order valence-corrected chi connectivity index (χ1v) is 6.99. The SMILES string of the molecule is OC(c1cc2c(s1)CCC2)c1ccccc1Cl. The normalized spacial score (nSPS) is 15.9. The number of benzene rings is 1. The summed E-state index contributed by atoms with van der Waals surface area (Å²) in [6.45, 7) is 0. The summed E-state index contributed by atoms with van der Waals surface area (Å²) in [5.41, 5.74) is 2.21. The summed E-state index contributed by atoms with van der Waals surface area (Å²) >= 11 is 7.83. The Hall–Kier alpha value is -0.830. The molecule has 0 spiro atoms. The van der Waals surface area contributed by atoms with E-state index in [1.807, 2.05) is 24.3 Å². The van der Waals surface area contributed by atoms with Gasteiger partial charge in [-0.1, -0.05) is 29.8 Å². The highest BCUT2D eigenvalue weighted by Crippen LogP contribution is 2.37. The molecule has 1 nitrogen and oxygen atoms in total. The van der Waals surface area contributed by atoms with Crippen LogP contribution in [-0.4, -0.2) is 5.11 Å². The molecule has 3 rings (SSSR count). The first-order valence-electron chi connectivity index (χ1n) is 5.79. The Labute approximate surface area is 110 Å². The lowest BCUT2D eigenvalue weighted by atomic mass is 10.1. The van der Waals surface area contributed by atoms with Gasteiger partial charge in [-0.05, 0) is 37.0 Å². The maximum Gasteiger partial charge on any atom is 0.115 e. The zero-order valence-corrected chi connectivity index (χ0v) is 10.9. The lowest BCUT2D eigenvalue weighted by Gasteiger charge is -2.10. The Morgan fingerprint density at radius 3 is 2.82 bits per heavy atom. The van der Waals surface area contributed by atoms with Gasteiger partial charge in [0, 0.05) is 20.3 Å². The van der Waals surface area contributed by atoms with Crippen molar-refractivity contribution in [3.8, 4) is 0 Å². The summed E-state index contributed by atoms with van der Waals surface area (Å²) < 4.78 is 0. The van der Waals surface area contributed by atoms with Crippen molar-refractivity contribution in [2.24, 2.45) is 0 Å². The van der Waals surface area contributed by atoms with Crippen LogP contribution in [0.5, 0.6) is 0 Å². The molecule has 88 valence electrons. The molecule has 17 heavy (non-hydrogen) atoms. The van der Waals surface area contributed by atoms with Crippen molar-refractivity contribution in [2.45, 2.75) is 25.4 Å². The molecule has 1 unspecified atom stereocenters. The van der Waals surface area contributed by atoms with Crippen LogP contribution in [-0.2, 0) is 12.8 Å². The molecule has 0 radical (unpaired) electrons. The lowest BCUT2D eigenvalue weighted by molar-refractivity contribution is 0.224. The lowest BCUT2D eigenvalue weighted by Crippen LogP contribution is -1.97. The molecular weight excluding hydrogens is 252 g/mol. The summed E-state index contributed by atoms with van der Waals surface area (Å²) in [6.07, 6.45) is 2.99. The minimum Gasteiger partial charge on any atom is -0.383 e. The Bertz CT molecular complexity index is 525. The monoisotopic (exact) mass is 264 g/mol. The fourth-order valence-corrected chi connectivity index (χ4v) is 3.84. The summed E-state index contributed by atoms with van der Waals surface area (Å²) in [5.74, 6) is 0. The highest BCUT2D eigenvalue weighted by molar-refractivity contribution is 7.12. The van der Waals surface area contributed by atoms with Gasteiger partial charge in [0.15, 0.2) is 0 Å². The Kier molecular flexibility index (Phi) is 2.95. The average molecular weight is 265 g/mol. The molecule has 1 aliphatic carbocycles. The number of rotatable bonds is 2. The van der Waals surface area contributed by atoms with Gasteiger partial charge in [-0.3, -0.25) is 0 Å². The van der Waals surface area contributed by atoms with Crippen molar-refractivity contribution in [3.05, 3.63) is 56.2 Å². The van der Waals surface area contributed by atoms with Crippen LogP contribution in [0.3, 0.4) is 0 Å². The smallest absolute Gasteiger partial charge is 0.115 e. The summed E-state index contributed by atoms with van der Waals surface area (Å²) in [7, 11) is 0. The van der Waals surface area contributed by atoms with Crippen LogP contribution in [0.15, 0.2) is 30.3 Å². The third-order valence-electron chi connectivity index (χ3n) is 3.23. The molecule has 0 amide bonds. The zero-order chi connectivity index (χ0) is 11.8. The van der Waals surface area contributed by atoms with E-state index in [1.54, 1.807) is 11.3 Å². The maximum atomic E-state index is 10.4. The predicted octanol–water partition coefficient (Wildman–Crippen LogP) is 3.97. The van der Waals surface area contributed by atoms with E-state index < -0.39 is 6.10 Å². The molecule has 3 heteroatoms. The van der Waals surface area contributed by atoms with E-state index in [9.17, 15) is 5.11 Å². The van der Waals surface area contributed by atoms with E-state index in [4.69, 9.17) is 11.6 Å². The van der Waals surface area contributed by atoms with Gasteiger partial charge in [0.1, 0.15) is 6.10 Å². The van der Waals surface area contributed by atoms with E-state index in [0.29, 0.717) is 5.02 Å². The minimum absolute atomic E-state index is 0.584. The fourth-order valence-electron chi connectivity index (χ4n) is 2.34. The van der Waals surface area contributed by atoms with Gasteiger partial charge in [0.25, 0.3) is 0 Å². The summed E-state index contributed by atoms with van der Waals surface area (Å²) in [6, 6.07) is 9.64. The minimum atomic E-state index is -0.584. The van der Waals surface area contributed by atoms with E-state index in [2.05, 4.69) is 6.07 Å². The molecule has 0 saturated heterocycles. The van der Waals surface area contributed by atoms with Crippen molar-refractivity contribution < 1.29 is 5.11 Å². The molecular formula is C14H13ClOS. The standard InChI is InChI=1S/C14H13ClOS/c15-11-6-2-1-5-10(11)14(16)13-8-9-4-3-7-12(9)17-13/h1-2,5-6,8,14,16H,3-4,7H2. The highest BCUT2D eigenvalue weighted by atomic mass is 35.5. The second-order valence-electron chi connectivity index (χ2n) is 4.37. The maximum absolute atomic E-state index is 10.4. The number of aliphatic hydroxyl groups is 1. The zero-order valence-electron chi connectivity index (χ0n) is 9.32. The van der Waals surface area contributed by atoms with E-state index in [1.165, 1.54) is 16.9 Å². The van der Waals surface area contributed by atoms with Crippen LogP contribution in [0.25, 0.3) is 0 Å². The molecule has 2 aromatic rings. The van der Waals surface area contributed by atoms with E-state index in [0.717, 1.165) is 23.3 Å². The Morgan fingerprint density at radius 2 is 2.06 bits per heavy atom. The number of thiophene rings is 1. The van der Waals surface area contributed by atoms with Crippen LogP contribution < -0.4 is 0 Å². The fraction of sp³-hybridized carbons (Fsp3) is 0.286. The topological polar surface area (TPSA) is 20.2 Å². The van der Waals surface area contributed by atoms with Gasteiger partial charge in [0.2, 0.25) is 0 Å². The molecule has 1 atom stereocenters. The predicted molar refractivity (Wildman–Crippen MR) is 71.9 cm³/mol. The summed E-state index contributed by atoms with van der Waals surface area (Å²) in [4.78, 5) is 2.45. The highest BCUT2D eigenvalue weighted by Gasteiger charge is 2.20. The van der Waals surface area contributed by atoms with Gasteiger partial charge in [-0.2, -0.15) is 0 Å². The molecule has 0 fully saturated rings. The number of fused-ring (bicyclic) bond motifs is 1. The molecule has 1 aromatic heterocycles. The van der Waals surface area contributed by atoms with Crippen LogP contribution in [0.2, 0.25) is 5.02 Å². The van der Waals surface area contributed by atoms with Crippen LogP contribution in [0.4, 0.5) is 0 Å². The second-order valence-corrected chi connectivity index (χ2v) is 5.95. The second kappa shape index (κ2) is 4.45. The van der Waals surface area contributed by atoms with Crippen molar-refractivity contribution in [1.82, 2.24) is 0 Å². The molecule has 1 aromatic carbocycles. The van der Waals surface area contributed by atoms with Crippen LogP contribution in [0.1, 0.15) is 33.4 Å². The van der Waals surface area contributed by atoms with Gasteiger partial charge >= 0.3 is 0 Å². The average Bonchev–Trinajstić information content (AvgIpc) is 2.88. The van der Waals surface area contributed by atoms with Crippen molar-refractivity contribution in [3.63, 3.8) is 0 Å². The van der Waals surface area contributed by atoms with E-state index in [-0.39, 0.29) is 0 Å². The molecule has 1 heterocycles. The third kappa shape index (κ3) is 2.01. The van der Waals surface area contributed by atoms with Crippen LogP contribution >= 0.6 is 22.9 Å². The largest absolute Gasteiger partial charge is 0.383 e. The van der Waals surface area contributed by atoms with Crippen molar-refractivity contribution >= 4 is 22.9 Å². The quantitative estimate of drug-likeness (QED) is 0.870. The van der Waals surface area contributed by atoms with Gasteiger partial charge in [-0.15, -0.1) is 11.3 Å². The molecule has 1 N–H and O–H groups in total. The molecule has 0 saturated carbocycles. The number of hydrogen-bond donors (Lipinski definition) is 1. The summed E-state index contributed by atoms with van der Waals surface area (Å²) in [5, 5.41) is 11.0. The van der Waals surface area contributed by atoms with E-state index >= 15 is 0 Å². The Morgan fingerprint density at radius 1 is 1.24 bits per heavy atom. The van der Waals surface area contributed by atoms with Gasteiger partial charge in [0.05, 0.1) is 0 Å². The molecule has 0 aliphatic heterocycles. The van der Waals surface area contributed by atoms with Gasteiger partial charge in [-0.25, -0.2) is 0 Å².